The molecule has 2 aromatic rings. The summed E-state index contributed by atoms with van der Waals surface area (Å²) in [6.07, 6.45) is -4.10. The fourth-order valence-corrected chi connectivity index (χ4v) is 6.37. The van der Waals surface area contributed by atoms with Crippen LogP contribution in [-0.4, -0.2) is 75.0 Å². The third-order valence-corrected chi connectivity index (χ3v) is 8.71. The maximum atomic E-state index is 13.7. The number of carbonyl (C=O) groups is 3. The van der Waals surface area contributed by atoms with Crippen LogP contribution in [0.4, 0.5) is 0 Å². The molecule has 5 rings (SSSR count). The van der Waals surface area contributed by atoms with Gasteiger partial charge in [0.15, 0.2) is 0 Å². The summed E-state index contributed by atoms with van der Waals surface area (Å²) in [5.41, 5.74) is -2.95. The van der Waals surface area contributed by atoms with Gasteiger partial charge in [-0.3, -0.25) is 0 Å². The van der Waals surface area contributed by atoms with Crippen molar-refractivity contribution < 1.29 is 69.1 Å². The van der Waals surface area contributed by atoms with Crippen molar-refractivity contribution in [3.8, 4) is 17.2 Å². The third kappa shape index (κ3) is 4.32. The summed E-state index contributed by atoms with van der Waals surface area (Å²) in [5.74, 6) is -3.10. The van der Waals surface area contributed by atoms with E-state index in [-0.39, 0.29) is 40.8 Å². The molecule has 1 aliphatic heterocycles. The van der Waals surface area contributed by atoms with Crippen LogP contribution in [0.2, 0.25) is 0 Å². The Bertz CT molecular complexity index is 1390. The Hall–Kier alpha value is -2.66. The Morgan fingerprint density at radius 3 is 2.49 bits per heavy atom. The second kappa shape index (κ2) is 10.1. The van der Waals surface area contributed by atoms with Gasteiger partial charge in [-0.25, -0.2) is 0 Å². The van der Waals surface area contributed by atoms with E-state index in [0.29, 0.717) is 0 Å². The average Bonchev–Trinajstić information content (AvgIpc) is 2.90. The molecule has 0 amide bonds. The molecular weight excluding hydrogens is 693 g/mol. The zero-order valence-electron chi connectivity index (χ0n) is 21.3. The van der Waals surface area contributed by atoms with Gasteiger partial charge in [0, 0.05) is 0 Å². The molecule has 0 aromatic heterocycles. The molecule has 12 heteroatoms. The van der Waals surface area contributed by atoms with E-state index >= 15 is 0 Å². The predicted octanol–water partition coefficient (Wildman–Crippen LogP) is 1.12. The Morgan fingerprint density at radius 1 is 1.15 bits per heavy atom. The van der Waals surface area contributed by atoms with Gasteiger partial charge in [-0.15, -0.1) is 0 Å². The van der Waals surface area contributed by atoms with Gasteiger partial charge < -0.3 is 4.74 Å². The molecule has 0 saturated carbocycles. The second-order valence-electron chi connectivity index (χ2n) is 10.2. The number of Topliss-reactive ketones (excluding diaryl/α,β-unsaturated/α-hetero) is 1. The topological polar surface area (TPSA) is 172 Å². The van der Waals surface area contributed by atoms with Crippen molar-refractivity contribution in [2.45, 2.75) is 69.4 Å². The van der Waals surface area contributed by atoms with Crippen LogP contribution < -0.4 is 8.61 Å². The zero-order valence-corrected chi connectivity index (χ0v) is 23.6. The number of hydrogen-bond donors (Lipinski definition) is 5. The summed E-state index contributed by atoms with van der Waals surface area (Å²) in [7, 11) is 1.35. The van der Waals surface area contributed by atoms with Crippen LogP contribution in [0.25, 0.3) is 0 Å². The number of ether oxygens (including phenoxy) is 3. The summed E-state index contributed by atoms with van der Waals surface area (Å²) in [6, 6.07) is 4.06. The number of hydrogen-bond acceptors (Lipinski definition) is 11. The summed E-state index contributed by atoms with van der Waals surface area (Å²) in [5, 5.41) is 44.5. The summed E-state index contributed by atoms with van der Waals surface area (Å²) in [6.45, 7) is 2.86. The SMILES string of the molecule is COc1cccc2c1C(=O)c1c(O)c3c(c(O)c1C2=O)C[C@@](O)(C(C)=O)C[C@@H]3OC1CC([NH][Pt])C(O)C(C)O1. The monoisotopic (exact) mass is 721 g/mol. The number of benzene rings is 2. The number of aliphatic hydroxyl groups excluding tert-OH is 1. The van der Waals surface area contributed by atoms with Gasteiger partial charge in [-0.1, -0.05) is 12.1 Å². The van der Waals surface area contributed by atoms with Crippen molar-refractivity contribution in [1.82, 2.24) is 3.88 Å². The number of rotatable bonds is 5. The normalized spacial score (nSPS) is 29.9. The van der Waals surface area contributed by atoms with Gasteiger partial charge in [-0.05, 0) is 6.07 Å². The number of phenols is 2. The molecule has 211 valence electrons. The minimum absolute atomic E-state index is 0.00696. The number of carbonyl (C=O) groups excluding carboxylic acids is 3. The van der Waals surface area contributed by atoms with Crippen molar-refractivity contribution in [1.29, 1.82) is 0 Å². The first-order chi connectivity index (χ1) is 18.4. The fourth-order valence-electron chi connectivity index (χ4n) is 5.71. The Morgan fingerprint density at radius 2 is 1.85 bits per heavy atom. The summed E-state index contributed by atoms with van der Waals surface area (Å²) >= 11 is 1.89. The average molecular weight is 722 g/mol. The molecule has 6 atom stereocenters. The van der Waals surface area contributed by atoms with E-state index in [4.69, 9.17) is 14.2 Å². The number of ketones is 3. The molecule has 0 spiro atoms. The number of aliphatic hydroxyl groups is 2. The Balaban J connectivity index is 1.67. The molecule has 1 saturated heterocycles. The number of fused-ring (bicyclic) bond motifs is 3. The molecule has 0 bridgehead atoms. The predicted molar refractivity (Wildman–Crippen MR) is 129 cm³/mol. The van der Waals surface area contributed by atoms with E-state index in [1.54, 1.807) is 6.92 Å². The third-order valence-electron chi connectivity index (χ3n) is 7.87. The van der Waals surface area contributed by atoms with E-state index < -0.39 is 82.6 Å². The van der Waals surface area contributed by atoms with Gasteiger partial charge in [-0.2, -0.15) is 0 Å². The minimum atomic E-state index is -1.99. The summed E-state index contributed by atoms with van der Waals surface area (Å²) in [4.78, 5) is 39.7. The molecule has 39 heavy (non-hydrogen) atoms. The van der Waals surface area contributed by atoms with Crippen LogP contribution in [0.1, 0.15) is 75.8 Å². The van der Waals surface area contributed by atoms with Crippen molar-refractivity contribution >= 4 is 17.3 Å². The van der Waals surface area contributed by atoms with E-state index in [0.717, 1.165) is 0 Å². The number of methoxy groups -OCH3 is 1. The van der Waals surface area contributed by atoms with Crippen molar-refractivity contribution in [2.75, 3.05) is 7.11 Å². The van der Waals surface area contributed by atoms with Gasteiger partial charge in [0.1, 0.15) is 0 Å². The van der Waals surface area contributed by atoms with Crippen molar-refractivity contribution in [2.24, 2.45) is 0 Å². The molecule has 5 N–H and O–H groups in total. The molecule has 3 aliphatic rings. The van der Waals surface area contributed by atoms with Crippen molar-refractivity contribution in [3.63, 3.8) is 0 Å². The molecule has 2 aliphatic carbocycles. The fraction of sp³-hybridized carbons (Fsp3) is 0.444. The van der Waals surface area contributed by atoms with Gasteiger partial charge in [0.25, 0.3) is 0 Å². The van der Waals surface area contributed by atoms with Crippen LogP contribution in [0, 0.1) is 0 Å². The maximum absolute atomic E-state index is 13.7. The first-order valence-corrected chi connectivity index (χ1v) is 13.5. The van der Waals surface area contributed by atoms with E-state index in [9.17, 15) is 34.8 Å². The molecule has 1 fully saturated rings. The molecular formula is C27H28NO10Pt. The number of aromatic hydroxyl groups is 2. The first-order valence-electron chi connectivity index (χ1n) is 12.4. The zero-order chi connectivity index (χ0) is 28.4. The first kappa shape index (κ1) is 27.9. The Kier molecular flexibility index (Phi) is 7.20. The molecule has 4 unspecified atom stereocenters. The second-order valence-corrected chi connectivity index (χ2v) is 10.8. The van der Waals surface area contributed by atoms with Gasteiger partial charge in [0.2, 0.25) is 0 Å². The standard InChI is InChI=1S/C27H28NO10.Pt/c1-10-22(30)14(28)7-17(37-10)38-16-9-27(35,11(2)29)8-13-19(16)26(34)21-20(24(13)32)23(31)12-5-4-6-15(36-3)18(12)25(21)33;/h4-6,10,14,16-17,22,28,30,32,34-35H,7-9H2,1-3H3;/q-1;+1/t10?,14?,16-,17?,22?,27-;/m0./s1. The van der Waals surface area contributed by atoms with E-state index in [2.05, 4.69) is 3.88 Å². The van der Waals surface area contributed by atoms with Crippen LogP contribution in [0.3, 0.4) is 0 Å². The molecule has 2 aromatic carbocycles. The van der Waals surface area contributed by atoms with E-state index in [1.165, 1.54) is 32.2 Å². The van der Waals surface area contributed by atoms with E-state index in [1.807, 2.05) is 20.1 Å². The Labute approximate surface area is 235 Å². The van der Waals surface area contributed by atoms with Crippen LogP contribution in [0.15, 0.2) is 18.2 Å². The number of phenolic OH excluding ortho intramolecular Hbond substituents is 2. The summed E-state index contributed by atoms with van der Waals surface area (Å²) < 4.78 is 20.2. The number of nitrogens with one attached hydrogen (secondary N) is 1. The quantitative estimate of drug-likeness (QED) is 0.239. The van der Waals surface area contributed by atoms with Crippen molar-refractivity contribution in [3.05, 3.63) is 51.6 Å². The van der Waals surface area contributed by atoms with Gasteiger partial charge in [0.05, 0.1) is 7.11 Å². The van der Waals surface area contributed by atoms with Crippen LogP contribution in [0.5, 0.6) is 17.2 Å². The van der Waals surface area contributed by atoms with Gasteiger partial charge >= 0.3 is 206 Å². The van der Waals surface area contributed by atoms with Crippen LogP contribution in [-0.2, 0) is 40.8 Å². The molecule has 0 radical (unpaired) electrons. The van der Waals surface area contributed by atoms with Crippen LogP contribution >= 0.6 is 0 Å². The molecule has 11 nitrogen and oxygen atoms in total. The molecule has 1 heterocycles.